The first-order valence-electron chi connectivity index (χ1n) is 13.9. The average molecular weight is 671 g/mol. The number of hydrogen-bond acceptors (Lipinski definition) is 10. The molecule has 1 aromatic heterocycles. The Morgan fingerprint density at radius 1 is 1.07 bits per heavy atom. The molecule has 1 amide bonds. The van der Waals surface area contributed by atoms with Crippen LogP contribution in [0.1, 0.15) is 43.9 Å². The lowest BCUT2D eigenvalue weighted by atomic mass is 10.1. The van der Waals surface area contributed by atoms with E-state index in [9.17, 15) is 36.4 Å². The molecular weight excluding hydrogens is 637 g/mol. The van der Waals surface area contributed by atoms with Gasteiger partial charge in [0.1, 0.15) is 0 Å². The van der Waals surface area contributed by atoms with Crippen molar-refractivity contribution in [3.63, 3.8) is 0 Å². The molecule has 0 saturated heterocycles. The second kappa shape index (κ2) is 15.9. The van der Waals surface area contributed by atoms with Crippen LogP contribution in [0.5, 0.6) is 0 Å². The van der Waals surface area contributed by atoms with E-state index in [1.807, 2.05) is 11.6 Å². The monoisotopic (exact) mass is 670 g/mol. The number of benzene rings is 2. The fourth-order valence-corrected chi connectivity index (χ4v) is 4.94. The SMILES string of the molecule is CCOC(=O)OCO/N=[N+](\[O-])N(C)CCCCCC(=O)NS(=O)(=O)c1ccc(-n2nc(C(F)(F)F)cc2-c2ccc(C)cc2)cc1. The number of carbonyl (C=O) groups excluding carboxylic acids is 2. The Morgan fingerprint density at radius 2 is 1.74 bits per heavy atom. The van der Waals surface area contributed by atoms with Crippen LogP contribution in [0, 0.1) is 12.1 Å². The summed E-state index contributed by atoms with van der Waals surface area (Å²) in [6.45, 7) is 3.16. The molecule has 18 heteroatoms. The Kier molecular flexibility index (Phi) is 12.3. The number of rotatable bonds is 15. The van der Waals surface area contributed by atoms with Gasteiger partial charge >= 0.3 is 12.3 Å². The molecule has 0 fully saturated rings. The number of nitrogens with one attached hydrogen (secondary N) is 1. The molecule has 46 heavy (non-hydrogen) atoms. The van der Waals surface area contributed by atoms with E-state index in [0.29, 0.717) is 24.8 Å². The minimum Gasteiger partial charge on any atom is -0.569 e. The normalized spacial score (nSPS) is 12.0. The molecule has 0 unspecified atom stereocenters. The van der Waals surface area contributed by atoms with Gasteiger partial charge in [-0.25, -0.2) is 22.6 Å². The number of amides is 1. The predicted octanol–water partition coefficient (Wildman–Crippen LogP) is 5.10. The molecule has 1 N–H and O–H groups in total. The molecule has 0 aliphatic rings. The molecule has 0 bridgehead atoms. The molecule has 3 rings (SSSR count). The standard InChI is InChI=1S/C28H33F3N6O8S/c1-4-43-27(39)44-19-45-34-37(40)35(3)17-7-5-6-8-26(38)33-46(41,42)23-15-13-22(14-16-23)36-24(18-25(32-36)28(29,30)31)21-11-9-20(2)10-12-21/h9-16,18H,4-8,17,19H2,1-3H3,(H,33,38)/b37-34-. The maximum atomic E-state index is 13.5. The Labute approximate surface area is 262 Å². The van der Waals surface area contributed by atoms with Crippen molar-refractivity contribution in [2.45, 2.75) is 50.6 Å². The van der Waals surface area contributed by atoms with Crippen LogP contribution in [0.25, 0.3) is 16.9 Å². The smallest absolute Gasteiger partial charge is 0.511 e. The third-order valence-electron chi connectivity index (χ3n) is 6.28. The van der Waals surface area contributed by atoms with Gasteiger partial charge in [0.25, 0.3) is 16.8 Å². The number of alkyl halides is 3. The highest BCUT2D eigenvalue weighted by molar-refractivity contribution is 7.90. The van der Waals surface area contributed by atoms with Crippen LogP contribution in [0.15, 0.2) is 64.8 Å². The minimum atomic E-state index is -4.70. The average Bonchev–Trinajstić information content (AvgIpc) is 3.46. The molecule has 250 valence electrons. The molecule has 1 heterocycles. The summed E-state index contributed by atoms with van der Waals surface area (Å²) in [6.07, 6.45) is -4.54. The van der Waals surface area contributed by atoms with E-state index in [1.54, 1.807) is 31.2 Å². The van der Waals surface area contributed by atoms with E-state index in [1.165, 1.54) is 31.3 Å². The number of hydrazine groups is 1. The number of sulfonamides is 1. The maximum absolute atomic E-state index is 13.5. The third-order valence-corrected chi connectivity index (χ3v) is 7.67. The van der Waals surface area contributed by atoms with E-state index in [4.69, 9.17) is 0 Å². The van der Waals surface area contributed by atoms with E-state index >= 15 is 0 Å². The van der Waals surface area contributed by atoms with Crippen molar-refractivity contribution >= 4 is 22.1 Å². The van der Waals surface area contributed by atoms with E-state index < -0.39 is 40.7 Å². The molecule has 14 nitrogen and oxygen atoms in total. The van der Waals surface area contributed by atoms with Gasteiger partial charge in [0.05, 0.1) is 41.4 Å². The Bertz CT molecular complexity index is 1610. The number of nitrogens with zero attached hydrogens (tertiary/aromatic N) is 5. The summed E-state index contributed by atoms with van der Waals surface area (Å²) in [5, 5.41) is 19.9. The summed E-state index contributed by atoms with van der Waals surface area (Å²) in [7, 11) is -2.83. The van der Waals surface area contributed by atoms with Crippen molar-refractivity contribution in [3.05, 3.63) is 71.1 Å². The first-order chi connectivity index (χ1) is 21.7. The van der Waals surface area contributed by atoms with Gasteiger partial charge in [-0.1, -0.05) is 36.2 Å². The summed E-state index contributed by atoms with van der Waals surface area (Å²) in [5.41, 5.74) is 0.638. The largest absolute Gasteiger partial charge is 0.569 e. The van der Waals surface area contributed by atoms with Gasteiger partial charge in [0.2, 0.25) is 11.2 Å². The topological polar surface area (TPSA) is 167 Å². The summed E-state index contributed by atoms with van der Waals surface area (Å²) in [4.78, 5) is 27.8. The molecule has 3 aromatic rings. The number of aromatic nitrogens is 2. The van der Waals surface area contributed by atoms with Gasteiger partial charge in [-0.15, -0.1) is 5.01 Å². The fraction of sp³-hybridized carbons (Fsp3) is 0.393. The molecule has 0 saturated carbocycles. The minimum absolute atomic E-state index is 0.112. The summed E-state index contributed by atoms with van der Waals surface area (Å²) in [6, 6.07) is 12.7. The predicted molar refractivity (Wildman–Crippen MR) is 155 cm³/mol. The lowest BCUT2D eigenvalue weighted by molar-refractivity contribution is -0.706. The second-order valence-corrected chi connectivity index (χ2v) is 11.5. The molecule has 0 aliphatic heterocycles. The van der Waals surface area contributed by atoms with Crippen LogP contribution in [0.2, 0.25) is 0 Å². The quantitative estimate of drug-likeness (QED) is 0.0574. The van der Waals surface area contributed by atoms with E-state index in [0.717, 1.165) is 21.3 Å². The van der Waals surface area contributed by atoms with Crippen LogP contribution in [-0.2, 0) is 35.3 Å². The third kappa shape index (κ3) is 10.4. The molecule has 0 atom stereocenters. The number of halogens is 3. The lowest BCUT2D eigenvalue weighted by Gasteiger charge is -2.12. The molecular formula is C28H33F3N6O8S. The van der Waals surface area contributed by atoms with Gasteiger partial charge in [-0.2, -0.15) is 18.3 Å². The summed E-state index contributed by atoms with van der Waals surface area (Å²) >= 11 is 0. The highest BCUT2D eigenvalue weighted by Crippen LogP contribution is 2.33. The van der Waals surface area contributed by atoms with Gasteiger partial charge in [0.15, 0.2) is 5.69 Å². The molecule has 0 spiro atoms. The number of hydrogen-bond donors (Lipinski definition) is 1. The zero-order chi connectivity index (χ0) is 33.9. The van der Waals surface area contributed by atoms with E-state index in [-0.39, 0.29) is 40.8 Å². The Balaban J connectivity index is 1.52. The maximum Gasteiger partial charge on any atom is 0.511 e. The van der Waals surface area contributed by atoms with Gasteiger partial charge in [0, 0.05) is 12.0 Å². The van der Waals surface area contributed by atoms with Gasteiger partial charge in [-0.05, 0) is 57.0 Å². The van der Waals surface area contributed by atoms with Crippen molar-refractivity contribution < 1.29 is 50.5 Å². The number of unbranched alkanes of at least 4 members (excludes halogenated alkanes) is 2. The van der Waals surface area contributed by atoms with Crippen molar-refractivity contribution in [2.75, 3.05) is 27.0 Å². The van der Waals surface area contributed by atoms with Crippen molar-refractivity contribution in [1.29, 1.82) is 0 Å². The van der Waals surface area contributed by atoms with Crippen LogP contribution >= 0.6 is 0 Å². The summed E-state index contributed by atoms with van der Waals surface area (Å²) < 4.78 is 78.0. The number of aryl methyl sites for hydroxylation is 1. The first kappa shape index (κ1) is 35.6. The lowest BCUT2D eigenvalue weighted by Crippen LogP contribution is -2.30. The number of carbonyl (C=O) groups is 2. The highest BCUT2D eigenvalue weighted by Gasteiger charge is 2.35. The zero-order valence-corrected chi connectivity index (χ0v) is 26.0. The Hall–Kier alpha value is -4.87. The summed E-state index contributed by atoms with van der Waals surface area (Å²) in [5.74, 6) is -0.753. The van der Waals surface area contributed by atoms with Crippen LogP contribution in [-0.4, -0.2) is 67.2 Å². The Morgan fingerprint density at radius 3 is 2.37 bits per heavy atom. The van der Waals surface area contributed by atoms with Gasteiger partial charge in [-0.3, -0.25) is 4.79 Å². The fourth-order valence-electron chi connectivity index (χ4n) is 3.93. The van der Waals surface area contributed by atoms with Crippen LogP contribution < -0.4 is 4.72 Å². The zero-order valence-electron chi connectivity index (χ0n) is 25.2. The van der Waals surface area contributed by atoms with Gasteiger partial charge < -0.3 is 19.5 Å². The molecule has 0 radical (unpaired) electrons. The highest BCUT2D eigenvalue weighted by atomic mass is 32.2. The second-order valence-electron chi connectivity index (χ2n) is 9.81. The van der Waals surface area contributed by atoms with E-state index in [2.05, 4.69) is 24.7 Å². The van der Waals surface area contributed by atoms with Crippen LogP contribution in [0.3, 0.4) is 0 Å². The van der Waals surface area contributed by atoms with Crippen molar-refractivity contribution in [1.82, 2.24) is 19.5 Å². The number of ether oxygens (including phenoxy) is 2. The van der Waals surface area contributed by atoms with Crippen molar-refractivity contribution in [3.8, 4) is 16.9 Å². The van der Waals surface area contributed by atoms with Crippen molar-refractivity contribution in [2.24, 2.45) is 5.28 Å². The molecule has 2 aromatic carbocycles. The first-order valence-corrected chi connectivity index (χ1v) is 15.4. The molecule has 0 aliphatic carbocycles. The van der Waals surface area contributed by atoms with Crippen LogP contribution in [0.4, 0.5) is 18.0 Å².